The van der Waals surface area contributed by atoms with Gasteiger partial charge in [0.05, 0.1) is 10.6 Å². The number of hydrogen-bond acceptors (Lipinski definition) is 7. The molecular formula is C13H17N7O2S. The van der Waals surface area contributed by atoms with Gasteiger partial charge in [0.15, 0.2) is 5.84 Å². The van der Waals surface area contributed by atoms with Crippen molar-refractivity contribution in [3.8, 4) is 11.3 Å². The highest BCUT2D eigenvalue weighted by Gasteiger charge is 2.25. The summed E-state index contributed by atoms with van der Waals surface area (Å²) in [6.45, 7) is 3.99. The molecule has 0 saturated heterocycles. The van der Waals surface area contributed by atoms with Crippen LogP contribution in [0.25, 0.3) is 11.3 Å². The van der Waals surface area contributed by atoms with Crippen LogP contribution in [0.1, 0.15) is 25.5 Å². The number of hydrogen-bond donors (Lipinski definition) is 4. The highest BCUT2D eigenvalue weighted by atomic mass is 32.2. The number of aromatic nitrogens is 2. The van der Waals surface area contributed by atoms with E-state index in [2.05, 4.69) is 26.7 Å². The molecule has 0 spiro atoms. The summed E-state index contributed by atoms with van der Waals surface area (Å²) in [6.07, 6.45) is 1.67. The van der Waals surface area contributed by atoms with E-state index in [0.717, 1.165) is 5.69 Å². The van der Waals surface area contributed by atoms with Gasteiger partial charge >= 0.3 is 0 Å². The number of rotatable bonds is 4. The Kier molecular flexibility index (Phi) is 3.80. The molecule has 0 fully saturated rings. The van der Waals surface area contributed by atoms with Gasteiger partial charge in [0.1, 0.15) is 0 Å². The average Bonchev–Trinajstić information content (AvgIpc) is 3.17. The first-order chi connectivity index (χ1) is 10.9. The number of primary sulfonamides is 1. The second-order valence-electron chi connectivity index (χ2n) is 5.30. The van der Waals surface area contributed by atoms with Gasteiger partial charge in [0.2, 0.25) is 10.0 Å². The van der Waals surface area contributed by atoms with Crippen LogP contribution in [0, 0.1) is 0 Å². The van der Waals surface area contributed by atoms with E-state index in [-0.39, 0.29) is 10.9 Å². The molecule has 122 valence electrons. The molecule has 0 amide bonds. The van der Waals surface area contributed by atoms with Crippen LogP contribution in [0.15, 0.2) is 40.5 Å². The highest BCUT2D eigenvalue weighted by molar-refractivity contribution is 7.89. The maximum atomic E-state index is 12.0. The van der Waals surface area contributed by atoms with Crippen LogP contribution in [0.5, 0.6) is 0 Å². The molecule has 0 radical (unpaired) electrons. The van der Waals surface area contributed by atoms with Crippen molar-refractivity contribution < 1.29 is 8.42 Å². The lowest BCUT2D eigenvalue weighted by Gasteiger charge is -2.16. The van der Waals surface area contributed by atoms with E-state index >= 15 is 0 Å². The van der Waals surface area contributed by atoms with E-state index in [1.165, 1.54) is 6.07 Å². The van der Waals surface area contributed by atoms with Crippen molar-refractivity contribution in [2.45, 2.75) is 24.8 Å². The second-order valence-corrected chi connectivity index (χ2v) is 6.83. The molecule has 9 nitrogen and oxygen atoms in total. The lowest BCUT2D eigenvalue weighted by Crippen LogP contribution is -2.36. The fraction of sp³-hybridized carbons (Fsp3) is 0.231. The Morgan fingerprint density at radius 2 is 2.04 bits per heavy atom. The molecule has 0 aliphatic carbocycles. The molecule has 3 rings (SSSR count). The Hall–Kier alpha value is -2.43. The summed E-state index contributed by atoms with van der Waals surface area (Å²) in [5.41, 5.74) is 9.73. The number of nitrogens with zero attached hydrogens (tertiary/aromatic N) is 3. The third-order valence-electron chi connectivity index (χ3n) is 3.41. The van der Waals surface area contributed by atoms with Gasteiger partial charge in [-0.15, -0.1) is 10.6 Å². The molecule has 0 saturated carbocycles. The van der Waals surface area contributed by atoms with Crippen molar-refractivity contribution in [3.05, 3.63) is 36.0 Å². The van der Waals surface area contributed by atoms with Crippen LogP contribution in [0.2, 0.25) is 0 Å². The summed E-state index contributed by atoms with van der Waals surface area (Å²) in [6, 6.07) is 6.84. The fourth-order valence-electron chi connectivity index (χ4n) is 2.48. The molecule has 1 aromatic heterocycles. The SMILES string of the molecule is CC(C)n1nccc1-c1cccc(S(N)(=O)=O)c1C1=NNNN1. The van der Waals surface area contributed by atoms with E-state index in [1.807, 2.05) is 30.7 Å². The van der Waals surface area contributed by atoms with Crippen LogP contribution in [0.3, 0.4) is 0 Å². The molecule has 1 aliphatic rings. The van der Waals surface area contributed by atoms with Gasteiger partial charge < -0.3 is 0 Å². The molecule has 10 heteroatoms. The zero-order chi connectivity index (χ0) is 16.6. The van der Waals surface area contributed by atoms with Gasteiger partial charge in [0.25, 0.3) is 0 Å². The smallest absolute Gasteiger partial charge is 0.238 e. The van der Waals surface area contributed by atoms with E-state index in [9.17, 15) is 8.42 Å². The first kappa shape index (κ1) is 15.5. The zero-order valence-corrected chi connectivity index (χ0v) is 13.4. The van der Waals surface area contributed by atoms with E-state index in [1.54, 1.807) is 12.3 Å². The maximum Gasteiger partial charge on any atom is 0.238 e. The Balaban J connectivity index is 2.31. The molecule has 1 aromatic carbocycles. The number of benzene rings is 1. The number of sulfonamides is 1. The largest absolute Gasteiger partial charge is 0.285 e. The Labute approximate surface area is 133 Å². The summed E-state index contributed by atoms with van der Waals surface area (Å²) in [7, 11) is -3.92. The number of hydrazone groups is 1. The molecule has 2 aromatic rings. The topological polar surface area (TPSA) is 126 Å². The molecular weight excluding hydrogens is 318 g/mol. The quantitative estimate of drug-likeness (QED) is 0.625. The molecule has 5 N–H and O–H groups in total. The monoisotopic (exact) mass is 335 g/mol. The van der Waals surface area contributed by atoms with Crippen LogP contribution in [-0.2, 0) is 10.0 Å². The minimum Gasteiger partial charge on any atom is -0.285 e. The van der Waals surface area contributed by atoms with Gasteiger partial charge in [-0.25, -0.2) is 19.1 Å². The van der Waals surface area contributed by atoms with Crippen molar-refractivity contribution in [1.29, 1.82) is 0 Å². The van der Waals surface area contributed by atoms with Crippen molar-refractivity contribution in [2.24, 2.45) is 10.2 Å². The van der Waals surface area contributed by atoms with Crippen LogP contribution in [-0.4, -0.2) is 24.0 Å². The van der Waals surface area contributed by atoms with Crippen molar-refractivity contribution in [3.63, 3.8) is 0 Å². The minimum absolute atomic E-state index is 0.0109. The highest BCUT2D eigenvalue weighted by Crippen LogP contribution is 2.30. The predicted octanol–water partition coefficient (Wildman–Crippen LogP) is 0.0524. The number of nitrogens with one attached hydrogen (secondary N) is 3. The summed E-state index contributed by atoms with van der Waals surface area (Å²) < 4.78 is 25.8. The first-order valence-electron chi connectivity index (χ1n) is 6.93. The number of nitrogens with two attached hydrogens (primary N) is 1. The van der Waals surface area contributed by atoms with Crippen LogP contribution in [0.4, 0.5) is 0 Å². The molecule has 1 aliphatic heterocycles. The molecule has 2 heterocycles. The van der Waals surface area contributed by atoms with Gasteiger partial charge in [-0.3, -0.25) is 10.1 Å². The molecule has 0 atom stereocenters. The third kappa shape index (κ3) is 2.79. The average molecular weight is 335 g/mol. The minimum atomic E-state index is -3.92. The first-order valence-corrected chi connectivity index (χ1v) is 8.48. The lowest BCUT2D eigenvalue weighted by molar-refractivity contribution is 0.538. The molecule has 0 bridgehead atoms. The van der Waals surface area contributed by atoms with Crippen LogP contribution >= 0.6 is 0 Å². The van der Waals surface area contributed by atoms with Crippen molar-refractivity contribution >= 4 is 15.9 Å². The van der Waals surface area contributed by atoms with Crippen molar-refractivity contribution in [1.82, 2.24) is 26.3 Å². The number of hydrazine groups is 2. The third-order valence-corrected chi connectivity index (χ3v) is 4.36. The normalized spacial score (nSPS) is 14.5. The Morgan fingerprint density at radius 1 is 1.26 bits per heavy atom. The van der Waals surface area contributed by atoms with E-state index in [4.69, 9.17) is 5.14 Å². The maximum absolute atomic E-state index is 12.0. The summed E-state index contributed by atoms with van der Waals surface area (Å²) in [5.74, 6) is 0.334. The summed E-state index contributed by atoms with van der Waals surface area (Å²) in [5, 5.41) is 13.7. The standard InChI is InChI=1S/C13H17N7O2S/c1-8(2)20-10(6-7-15-20)9-4-3-5-11(23(14,21)22)12(9)13-16-18-19-17-13/h3-8,18-19H,1-2H3,(H,16,17)(H2,14,21,22). The predicted molar refractivity (Wildman–Crippen MR) is 85.4 cm³/mol. The van der Waals surface area contributed by atoms with E-state index < -0.39 is 10.0 Å². The van der Waals surface area contributed by atoms with Crippen molar-refractivity contribution in [2.75, 3.05) is 0 Å². The molecule has 23 heavy (non-hydrogen) atoms. The lowest BCUT2D eigenvalue weighted by atomic mass is 10.0. The molecule has 0 unspecified atom stereocenters. The Bertz CT molecular complexity index is 870. The summed E-state index contributed by atoms with van der Waals surface area (Å²) >= 11 is 0. The van der Waals surface area contributed by atoms with Gasteiger partial charge in [-0.05, 0) is 26.0 Å². The second kappa shape index (κ2) is 5.65. The van der Waals surface area contributed by atoms with Gasteiger partial charge in [-0.1, -0.05) is 12.1 Å². The number of amidine groups is 1. The van der Waals surface area contributed by atoms with Crippen LogP contribution < -0.4 is 21.6 Å². The zero-order valence-electron chi connectivity index (χ0n) is 12.6. The van der Waals surface area contributed by atoms with E-state index in [0.29, 0.717) is 17.0 Å². The van der Waals surface area contributed by atoms with Gasteiger partial charge in [-0.2, -0.15) is 5.10 Å². The summed E-state index contributed by atoms with van der Waals surface area (Å²) in [4.78, 5) is -0.0109. The Morgan fingerprint density at radius 3 is 2.65 bits per heavy atom. The van der Waals surface area contributed by atoms with Gasteiger partial charge in [0, 0.05) is 23.4 Å². The fourth-order valence-corrected chi connectivity index (χ4v) is 3.24.